The quantitative estimate of drug-likeness (QED) is 0.757. The molecule has 0 saturated carbocycles. The van der Waals surface area contributed by atoms with Gasteiger partial charge in [0, 0.05) is 30.6 Å². The maximum Gasteiger partial charge on any atom is 0.107 e. The summed E-state index contributed by atoms with van der Waals surface area (Å²) in [5.74, 6) is 2.55. The van der Waals surface area contributed by atoms with Crippen LogP contribution in [0.15, 0.2) is 0 Å². The molecule has 0 amide bonds. The van der Waals surface area contributed by atoms with E-state index in [0.717, 1.165) is 24.6 Å². The van der Waals surface area contributed by atoms with Crippen LogP contribution in [0.2, 0.25) is 0 Å². The van der Waals surface area contributed by atoms with Crippen molar-refractivity contribution in [2.45, 2.75) is 25.9 Å². The molecule has 1 aliphatic rings. The Morgan fingerprint density at radius 3 is 2.93 bits per heavy atom. The van der Waals surface area contributed by atoms with Crippen molar-refractivity contribution in [2.24, 2.45) is 11.7 Å². The molecular weight excluding hydrogens is 194 g/mol. The molecular formula is C10H19N3S. The highest BCUT2D eigenvalue weighted by atomic mass is 32.2. The number of nitrogens with zero attached hydrogens (tertiary/aromatic N) is 2. The Morgan fingerprint density at radius 2 is 2.36 bits per heavy atom. The SMILES string of the molecule is CC(C)[C@@H](N)CN1CCSC[C@@H]1C#N. The lowest BCUT2D eigenvalue weighted by molar-refractivity contribution is 0.224. The number of hydrogen-bond donors (Lipinski definition) is 1. The Hall–Kier alpha value is -0.240. The summed E-state index contributed by atoms with van der Waals surface area (Å²) in [5.41, 5.74) is 6.01. The molecule has 0 aromatic rings. The third-order valence-corrected chi connectivity index (χ3v) is 3.71. The van der Waals surface area contributed by atoms with Gasteiger partial charge in [-0.2, -0.15) is 17.0 Å². The number of nitriles is 1. The molecule has 2 N–H and O–H groups in total. The Labute approximate surface area is 90.6 Å². The van der Waals surface area contributed by atoms with Crippen molar-refractivity contribution in [3.05, 3.63) is 0 Å². The van der Waals surface area contributed by atoms with Crippen LogP contribution in [0, 0.1) is 17.2 Å². The molecule has 1 saturated heterocycles. The zero-order valence-electron chi connectivity index (χ0n) is 8.94. The Bertz CT molecular complexity index is 212. The number of rotatable bonds is 3. The predicted molar refractivity (Wildman–Crippen MR) is 61.1 cm³/mol. The Kier molecular flexibility index (Phi) is 4.73. The van der Waals surface area contributed by atoms with Crippen LogP contribution in [0.5, 0.6) is 0 Å². The predicted octanol–water partition coefficient (Wildman–Crippen LogP) is 0.911. The van der Waals surface area contributed by atoms with E-state index in [9.17, 15) is 0 Å². The summed E-state index contributed by atoms with van der Waals surface area (Å²) < 4.78 is 0. The molecule has 0 radical (unpaired) electrons. The van der Waals surface area contributed by atoms with Gasteiger partial charge >= 0.3 is 0 Å². The van der Waals surface area contributed by atoms with Gasteiger partial charge in [0.25, 0.3) is 0 Å². The van der Waals surface area contributed by atoms with Crippen molar-refractivity contribution in [1.29, 1.82) is 5.26 Å². The third kappa shape index (κ3) is 3.16. The van der Waals surface area contributed by atoms with Crippen molar-refractivity contribution in [3.63, 3.8) is 0 Å². The largest absolute Gasteiger partial charge is 0.326 e. The molecule has 4 heteroatoms. The molecule has 0 unspecified atom stereocenters. The summed E-state index contributed by atoms with van der Waals surface area (Å²) in [6.07, 6.45) is 0. The topological polar surface area (TPSA) is 53.0 Å². The van der Waals surface area contributed by atoms with Crippen LogP contribution >= 0.6 is 11.8 Å². The van der Waals surface area contributed by atoms with Crippen LogP contribution in [-0.4, -0.2) is 41.6 Å². The molecule has 0 bridgehead atoms. The van der Waals surface area contributed by atoms with Gasteiger partial charge in [0.05, 0.1) is 6.07 Å². The van der Waals surface area contributed by atoms with Gasteiger partial charge in [-0.3, -0.25) is 4.90 Å². The van der Waals surface area contributed by atoms with Crippen LogP contribution in [0.1, 0.15) is 13.8 Å². The van der Waals surface area contributed by atoms with E-state index in [4.69, 9.17) is 11.0 Å². The van der Waals surface area contributed by atoms with Gasteiger partial charge in [-0.05, 0) is 5.92 Å². The van der Waals surface area contributed by atoms with E-state index in [0.29, 0.717) is 5.92 Å². The highest BCUT2D eigenvalue weighted by Gasteiger charge is 2.24. The van der Waals surface area contributed by atoms with E-state index in [1.54, 1.807) is 0 Å². The molecule has 0 spiro atoms. The lowest BCUT2D eigenvalue weighted by atomic mass is 10.0. The number of nitrogens with two attached hydrogens (primary N) is 1. The first-order valence-electron chi connectivity index (χ1n) is 5.12. The first-order valence-corrected chi connectivity index (χ1v) is 6.27. The fourth-order valence-corrected chi connectivity index (χ4v) is 2.50. The molecule has 3 nitrogen and oxygen atoms in total. The van der Waals surface area contributed by atoms with Crippen molar-refractivity contribution in [3.8, 4) is 6.07 Å². The number of hydrogen-bond acceptors (Lipinski definition) is 4. The summed E-state index contributed by atoms with van der Waals surface area (Å²) in [7, 11) is 0. The molecule has 14 heavy (non-hydrogen) atoms. The summed E-state index contributed by atoms with van der Waals surface area (Å²) in [5, 5.41) is 8.97. The Morgan fingerprint density at radius 1 is 1.64 bits per heavy atom. The minimum Gasteiger partial charge on any atom is -0.326 e. The van der Waals surface area contributed by atoms with E-state index in [1.807, 2.05) is 11.8 Å². The van der Waals surface area contributed by atoms with E-state index >= 15 is 0 Å². The molecule has 80 valence electrons. The van der Waals surface area contributed by atoms with Gasteiger partial charge in [0.2, 0.25) is 0 Å². The molecule has 1 aliphatic heterocycles. The average Bonchev–Trinajstić information content (AvgIpc) is 2.18. The van der Waals surface area contributed by atoms with Gasteiger partial charge in [0.1, 0.15) is 6.04 Å². The van der Waals surface area contributed by atoms with E-state index < -0.39 is 0 Å². The van der Waals surface area contributed by atoms with Crippen molar-refractivity contribution < 1.29 is 0 Å². The highest BCUT2D eigenvalue weighted by molar-refractivity contribution is 7.99. The molecule has 1 fully saturated rings. The second-order valence-electron chi connectivity index (χ2n) is 4.12. The molecule has 1 heterocycles. The minimum absolute atomic E-state index is 0.0681. The van der Waals surface area contributed by atoms with Crippen LogP contribution in [0.25, 0.3) is 0 Å². The highest BCUT2D eigenvalue weighted by Crippen LogP contribution is 2.16. The molecule has 0 aliphatic carbocycles. The fraction of sp³-hybridized carbons (Fsp3) is 0.900. The molecule has 2 atom stereocenters. The zero-order valence-corrected chi connectivity index (χ0v) is 9.76. The van der Waals surface area contributed by atoms with Crippen LogP contribution in [0.3, 0.4) is 0 Å². The third-order valence-electron chi connectivity index (χ3n) is 2.69. The fourth-order valence-electron chi connectivity index (χ4n) is 1.46. The van der Waals surface area contributed by atoms with E-state index in [-0.39, 0.29) is 12.1 Å². The van der Waals surface area contributed by atoms with E-state index in [1.165, 1.54) is 0 Å². The standard InChI is InChI=1S/C10H19N3S/c1-8(2)10(12)6-13-3-4-14-7-9(13)5-11/h8-10H,3-4,6-7,12H2,1-2H3/t9-,10-/m0/s1. The van der Waals surface area contributed by atoms with Crippen molar-refractivity contribution in [2.75, 3.05) is 24.6 Å². The molecule has 0 aromatic carbocycles. The first kappa shape index (κ1) is 11.8. The second kappa shape index (κ2) is 5.59. The van der Waals surface area contributed by atoms with Gasteiger partial charge in [-0.15, -0.1) is 0 Å². The van der Waals surface area contributed by atoms with Gasteiger partial charge in [0.15, 0.2) is 0 Å². The number of thioether (sulfide) groups is 1. The van der Waals surface area contributed by atoms with Gasteiger partial charge in [-0.1, -0.05) is 13.8 Å². The van der Waals surface area contributed by atoms with Crippen molar-refractivity contribution in [1.82, 2.24) is 4.90 Å². The maximum absolute atomic E-state index is 8.97. The minimum atomic E-state index is 0.0681. The Balaban J connectivity index is 2.45. The van der Waals surface area contributed by atoms with E-state index in [2.05, 4.69) is 24.8 Å². The van der Waals surface area contributed by atoms with Crippen molar-refractivity contribution >= 4 is 11.8 Å². The average molecular weight is 213 g/mol. The lowest BCUT2D eigenvalue weighted by Gasteiger charge is -2.33. The van der Waals surface area contributed by atoms with Crippen LogP contribution in [0.4, 0.5) is 0 Å². The summed E-state index contributed by atoms with van der Waals surface area (Å²) in [6, 6.07) is 2.60. The summed E-state index contributed by atoms with van der Waals surface area (Å²) in [6.45, 7) is 6.12. The zero-order chi connectivity index (χ0) is 10.6. The van der Waals surface area contributed by atoms with Gasteiger partial charge < -0.3 is 5.73 Å². The monoisotopic (exact) mass is 213 g/mol. The van der Waals surface area contributed by atoms with Crippen LogP contribution < -0.4 is 5.73 Å². The summed E-state index contributed by atoms with van der Waals surface area (Å²) in [4.78, 5) is 2.22. The molecule has 0 aromatic heterocycles. The second-order valence-corrected chi connectivity index (χ2v) is 5.27. The first-order chi connectivity index (χ1) is 6.65. The normalized spacial score (nSPS) is 26.1. The maximum atomic E-state index is 8.97. The summed E-state index contributed by atoms with van der Waals surface area (Å²) >= 11 is 1.86. The lowest BCUT2D eigenvalue weighted by Crippen LogP contribution is -2.48. The van der Waals surface area contributed by atoms with Crippen LogP contribution in [-0.2, 0) is 0 Å². The smallest absolute Gasteiger partial charge is 0.107 e. The van der Waals surface area contributed by atoms with Gasteiger partial charge in [-0.25, -0.2) is 0 Å². The molecule has 1 rings (SSSR count).